The Morgan fingerprint density at radius 1 is 0.370 bits per heavy atom. The van der Waals surface area contributed by atoms with Crippen molar-refractivity contribution < 1.29 is 4.42 Å². The van der Waals surface area contributed by atoms with Gasteiger partial charge in [-0.15, -0.1) is 11.3 Å². The van der Waals surface area contributed by atoms with Crippen LogP contribution in [0.4, 0.5) is 0 Å². The van der Waals surface area contributed by atoms with Gasteiger partial charge in [-0.3, -0.25) is 0 Å². The van der Waals surface area contributed by atoms with Gasteiger partial charge in [0.2, 0.25) is 0 Å². The minimum atomic E-state index is 0.862. The Balaban J connectivity index is 1.03. The van der Waals surface area contributed by atoms with Crippen molar-refractivity contribution in [2.24, 2.45) is 0 Å². The summed E-state index contributed by atoms with van der Waals surface area (Å²) in [7, 11) is 0. The molecule has 0 aliphatic carbocycles. The van der Waals surface area contributed by atoms with Crippen LogP contribution in [0.3, 0.4) is 0 Å². The molecule has 0 amide bonds. The first-order valence-electron chi connectivity index (χ1n) is 18.1. The van der Waals surface area contributed by atoms with Gasteiger partial charge in [0, 0.05) is 43.6 Å². The van der Waals surface area contributed by atoms with Crippen LogP contribution in [-0.4, -0.2) is 9.97 Å². The molecule has 0 aliphatic heterocycles. The Labute approximate surface area is 315 Å². The molecule has 0 spiro atoms. The Bertz CT molecular complexity index is 3200. The summed E-state index contributed by atoms with van der Waals surface area (Å²) in [5.41, 5.74) is 13.8. The molecule has 0 saturated carbocycles. The third-order valence-electron chi connectivity index (χ3n) is 10.5. The predicted molar refractivity (Wildman–Crippen MR) is 227 cm³/mol. The summed E-state index contributed by atoms with van der Waals surface area (Å²) >= 11 is 1.73. The largest absolute Gasteiger partial charge is 0.456 e. The molecule has 0 atom stereocenters. The lowest BCUT2D eigenvalue weighted by Gasteiger charge is -2.16. The predicted octanol–water partition coefficient (Wildman–Crippen LogP) is 14.2. The second-order valence-corrected chi connectivity index (χ2v) is 14.7. The zero-order valence-electron chi connectivity index (χ0n) is 29.0. The number of thiazole rings is 1. The van der Waals surface area contributed by atoms with Crippen molar-refractivity contribution in [1.82, 2.24) is 9.97 Å². The quantitative estimate of drug-likeness (QED) is 0.167. The maximum absolute atomic E-state index is 6.56. The molecule has 0 N–H and O–H groups in total. The second kappa shape index (κ2) is 12.4. The number of para-hydroxylation sites is 2. The number of rotatable bonds is 5. The van der Waals surface area contributed by atoms with E-state index in [0.717, 1.165) is 87.8 Å². The highest BCUT2D eigenvalue weighted by atomic mass is 32.1. The molecule has 3 nitrogen and oxygen atoms in total. The molecule has 54 heavy (non-hydrogen) atoms. The summed E-state index contributed by atoms with van der Waals surface area (Å²) in [5, 5.41) is 6.68. The summed E-state index contributed by atoms with van der Waals surface area (Å²) in [4.78, 5) is 10.3. The lowest BCUT2D eigenvalue weighted by Crippen LogP contribution is -1.93. The standard InChI is InChI=1S/C50H30N2OS/c1-3-12-32(13-4-1)46-47-38-18-7-9-20-41(38)51-49(40(47)30-44-48(46)39-19-8-10-21-43(39)53-44)33-24-22-31(23-25-33)35-16-11-17-36(28-35)37-26-27-45-42(29-37)52-50(54-45)34-14-5-2-6-15-34/h1-30H. The van der Waals surface area contributed by atoms with Crippen LogP contribution in [0.1, 0.15) is 0 Å². The van der Waals surface area contributed by atoms with Crippen molar-refractivity contribution in [3.8, 4) is 55.2 Å². The monoisotopic (exact) mass is 706 g/mol. The van der Waals surface area contributed by atoms with E-state index in [1.54, 1.807) is 11.3 Å². The number of benzene rings is 8. The smallest absolute Gasteiger partial charge is 0.136 e. The number of nitrogens with zero attached hydrogens (tertiary/aromatic N) is 2. The highest BCUT2D eigenvalue weighted by Gasteiger charge is 2.21. The first-order valence-corrected chi connectivity index (χ1v) is 19.0. The Morgan fingerprint density at radius 2 is 1.00 bits per heavy atom. The van der Waals surface area contributed by atoms with Gasteiger partial charge in [0.15, 0.2) is 0 Å². The van der Waals surface area contributed by atoms with Crippen molar-refractivity contribution in [3.63, 3.8) is 0 Å². The van der Waals surface area contributed by atoms with Crippen molar-refractivity contribution in [2.75, 3.05) is 0 Å². The fourth-order valence-corrected chi connectivity index (χ4v) is 8.89. The number of furan rings is 1. The normalized spacial score (nSPS) is 11.7. The van der Waals surface area contributed by atoms with Crippen LogP contribution in [0.15, 0.2) is 186 Å². The molecule has 3 aromatic heterocycles. The maximum atomic E-state index is 6.56. The molecule has 252 valence electrons. The van der Waals surface area contributed by atoms with Crippen LogP contribution in [0.5, 0.6) is 0 Å². The van der Waals surface area contributed by atoms with Crippen molar-refractivity contribution in [3.05, 3.63) is 182 Å². The average molecular weight is 707 g/mol. The summed E-state index contributed by atoms with van der Waals surface area (Å²) in [6.07, 6.45) is 0. The van der Waals surface area contributed by atoms with Crippen LogP contribution in [0, 0.1) is 0 Å². The van der Waals surface area contributed by atoms with E-state index in [0.29, 0.717) is 0 Å². The van der Waals surface area contributed by atoms with Gasteiger partial charge in [-0.1, -0.05) is 146 Å². The third-order valence-corrected chi connectivity index (χ3v) is 11.6. The van der Waals surface area contributed by atoms with E-state index >= 15 is 0 Å². The van der Waals surface area contributed by atoms with E-state index in [1.165, 1.54) is 21.2 Å². The number of hydrogen-bond donors (Lipinski definition) is 0. The molecule has 3 heterocycles. The molecule has 11 aromatic rings. The molecule has 8 aromatic carbocycles. The summed E-state index contributed by atoms with van der Waals surface area (Å²) in [5.74, 6) is 0. The van der Waals surface area contributed by atoms with Gasteiger partial charge >= 0.3 is 0 Å². The minimum Gasteiger partial charge on any atom is -0.456 e. The van der Waals surface area contributed by atoms with Crippen LogP contribution >= 0.6 is 11.3 Å². The van der Waals surface area contributed by atoms with E-state index < -0.39 is 0 Å². The van der Waals surface area contributed by atoms with Gasteiger partial charge in [-0.05, 0) is 64.2 Å². The first-order chi connectivity index (χ1) is 26.7. The highest BCUT2D eigenvalue weighted by Crippen LogP contribution is 2.46. The lowest BCUT2D eigenvalue weighted by molar-refractivity contribution is 0.669. The fraction of sp³-hybridized carbons (Fsp3) is 0. The van der Waals surface area contributed by atoms with Crippen LogP contribution < -0.4 is 0 Å². The zero-order chi connectivity index (χ0) is 35.6. The van der Waals surface area contributed by atoms with Gasteiger partial charge in [0.25, 0.3) is 0 Å². The summed E-state index contributed by atoms with van der Waals surface area (Å²) in [6.45, 7) is 0. The first kappa shape index (κ1) is 30.7. The number of hydrogen-bond acceptors (Lipinski definition) is 4. The van der Waals surface area contributed by atoms with Crippen molar-refractivity contribution >= 4 is 65.2 Å². The zero-order valence-corrected chi connectivity index (χ0v) is 29.8. The Morgan fingerprint density at radius 3 is 1.81 bits per heavy atom. The molecule has 0 aliphatic rings. The number of aromatic nitrogens is 2. The Hall–Kier alpha value is -6.88. The van der Waals surface area contributed by atoms with Gasteiger partial charge < -0.3 is 4.42 Å². The third kappa shape index (κ3) is 5.03. The van der Waals surface area contributed by atoms with E-state index in [1.807, 2.05) is 12.1 Å². The minimum absolute atomic E-state index is 0.862. The molecule has 0 radical (unpaired) electrons. The lowest BCUT2D eigenvalue weighted by atomic mass is 9.89. The van der Waals surface area contributed by atoms with Gasteiger partial charge in [-0.25, -0.2) is 9.97 Å². The molecule has 0 saturated heterocycles. The van der Waals surface area contributed by atoms with Gasteiger partial charge in [-0.2, -0.15) is 0 Å². The fourth-order valence-electron chi connectivity index (χ4n) is 7.94. The van der Waals surface area contributed by atoms with Gasteiger partial charge in [0.05, 0.1) is 21.4 Å². The maximum Gasteiger partial charge on any atom is 0.136 e. The van der Waals surface area contributed by atoms with Crippen molar-refractivity contribution in [1.29, 1.82) is 0 Å². The molecule has 0 bridgehead atoms. The SMILES string of the molecule is c1ccc(-c2nc3cc(-c4cccc(-c5ccc(-c6nc7ccccc7c7c(-c8ccccc8)c8c(cc67)oc6ccccc68)cc5)c4)ccc3s2)cc1. The molecular weight excluding hydrogens is 677 g/mol. The van der Waals surface area contributed by atoms with E-state index in [-0.39, 0.29) is 0 Å². The molecule has 4 heteroatoms. The molecular formula is C50H30N2OS. The molecule has 0 fully saturated rings. The van der Waals surface area contributed by atoms with E-state index in [9.17, 15) is 0 Å². The van der Waals surface area contributed by atoms with Crippen LogP contribution in [-0.2, 0) is 0 Å². The summed E-state index contributed by atoms with van der Waals surface area (Å²) < 4.78 is 7.76. The molecule has 11 rings (SSSR count). The molecule has 0 unspecified atom stereocenters. The number of pyridine rings is 1. The van der Waals surface area contributed by atoms with Crippen molar-refractivity contribution in [2.45, 2.75) is 0 Å². The Kier molecular flexibility index (Phi) is 7.04. The van der Waals surface area contributed by atoms with Crippen LogP contribution in [0.2, 0.25) is 0 Å². The van der Waals surface area contributed by atoms with E-state index in [4.69, 9.17) is 14.4 Å². The second-order valence-electron chi connectivity index (χ2n) is 13.7. The average Bonchev–Trinajstić information content (AvgIpc) is 3.85. The van der Waals surface area contributed by atoms with E-state index in [2.05, 4.69) is 170 Å². The van der Waals surface area contributed by atoms with Gasteiger partial charge in [0.1, 0.15) is 16.2 Å². The topological polar surface area (TPSA) is 38.9 Å². The summed E-state index contributed by atoms with van der Waals surface area (Å²) in [6, 6.07) is 64.3. The highest BCUT2D eigenvalue weighted by molar-refractivity contribution is 7.21. The number of fused-ring (bicyclic) bond motifs is 7. The van der Waals surface area contributed by atoms with Crippen LogP contribution in [0.25, 0.3) is 109 Å².